The second-order valence-electron chi connectivity index (χ2n) is 6.71. The molecule has 0 spiro atoms. The lowest BCUT2D eigenvalue weighted by Gasteiger charge is -2.35. The van der Waals surface area contributed by atoms with Gasteiger partial charge < -0.3 is 10.4 Å². The summed E-state index contributed by atoms with van der Waals surface area (Å²) in [4.78, 5) is 24.5. The fraction of sp³-hybridized carbons (Fsp3) is 0.556. The van der Waals surface area contributed by atoms with Gasteiger partial charge in [0.15, 0.2) is 5.78 Å². The molecule has 1 aromatic rings. The van der Waals surface area contributed by atoms with Crippen LogP contribution in [0, 0.1) is 11.3 Å². The number of hydrogen-bond acceptors (Lipinski definition) is 3. The number of hydrogen-bond donors (Lipinski definition) is 2. The van der Waals surface area contributed by atoms with Crippen LogP contribution in [0.2, 0.25) is 0 Å². The molecule has 0 bridgehead atoms. The summed E-state index contributed by atoms with van der Waals surface area (Å²) in [5.74, 6) is 0.188. The van der Waals surface area contributed by atoms with Gasteiger partial charge >= 0.3 is 0 Å². The fourth-order valence-electron chi connectivity index (χ4n) is 3.18. The first kappa shape index (κ1) is 16.5. The Balaban J connectivity index is 1.92. The zero-order valence-corrected chi connectivity index (χ0v) is 13.4. The van der Waals surface area contributed by atoms with Gasteiger partial charge in [0.05, 0.1) is 6.54 Å². The van der Waals surface area contributed by atoms with Crippen molar-refractivity contribution in [2.45, 2.75) is 46.0 Å². The third kappa shape index (κ3) is 3.87. The minimum absolute atomic E-state index is 0.0293. The Bertz CT molecular complexity index is 545. The molecule has 0 aliphatic heterocycles. The van der Waals surface area contributed by atoms with E-state index in [2.05, 4.69) is 5.32 Å². The van der Waals surface area contributed by atoms with Crippen LogP contribution < -0.4 is 5.32 Å². The van der Waals surface area contributed by atoms with Gasteiger partial charge in [-0.3, -0.25) is 9.59 Å². The third-order valence-electron chi connectivity index (χ3n) is 4.79. The molecule has 1 fully saturated rings. The Kier molecular flexibility index (Phi) is 5.22. The van der Waals surface area contributed by atoms with Crippen molar-refractivity contribution in [2.24, 2.45) is 11.3 Å². The number of nitrogens with one attached hydrogen (secondary N) is 1. The van der Waals surface area contributed by atoms with Gasteiger partial charge in [0, 0.05) is 11.0 Å². The van der Waals surface area contributed by atoms with E-state index < -0.39 is 5.41 Å². The largest absolute Gasteiger partial charge is 0.508 e. The monoisotopic (exact) mass is 303 g/mol. The van der Waals surface area contributed by atoms with Gasteiger partial charge in [-0.2, -0.15) is 0 Å². The number of carbonyl (C=O) groups excluding carboxylic acids is 2. The molecule has 1 aliphatic carbocycles. The zero-order chi connectivity index (χ0) is 16.2. The van der Waals surface area contributed by atoms with Crippen molar-refractivity contribution in [3.63, 3.8) is 0 Å². The average Bonchev–Trinajstić information content (AvgIpc) is 2.53. The van der Waals surface area contributed by atoms with Crippen LogP contribution in [0.15, 0.2) is 24.3 Å². The summed E-state index contributed by atoms with van der Waals surface area (Å²) in [6, 6.07) is 6.19. The van der Waals surface area contributed by atoms with Gasteiger partial charge in [-0.25, -0.2) is 0 Å². The smallest absolute Gasteiger partial charge is 0.226 e. The number of benzene rings is 1. The van der Waals surface area contributed by atoms with E-state index in [0.29, 0.717) is 11.5 Å². The molecule has 1 saturated carbocycles. The third-order valence-corrected chi connectivity index (χ3v) is 4.79. The van der Waals surface area contributed by atoms with E-state index in [1.165, 1.54) is 31.4 Å². The van der Waals surface area contributed by atoms with Crippen LogP contribution in [0.4, 0.5) is 0 Å². The van der Waals surface area contributed by atoms with Gasteiger partial charge in [-0.1, -0.05) is 45.2 Å². The van der Waals surface area contributed by atoms with E-state index in [0.717, 1.165) is 12.8 Å². The lowest BCUT2D eigenvalue weighted by atomic mass is 9.70. The molecule has 4 nitrogen and oxygen atoms in total. The number of Topliss-reactive ketones (excluding diaryl/α,β-unsaturated/α-hetero) is 1. The summed E-state index contributed by atoms with van der Waals surface area (Å²) in [6.07, 6.45) is 5.79. The molecule has 120 valence electrons. The molecule has 0 saturated heterocycles. The van der Waals surface area contributed by atoms with Crippen LogP contribution in [0.25, 0.3) is 0 Å². The van der Waals surface area contributed by atoms with Crippen molar-refractivity contribution in [3.05, 3.63) is 29.8 Å². The molecule has 0 radical (unpaired) electrons. The van der Waals surface area contributed by atoms with Crippen LogP contribution in [0.1, 0.15) is 56.3 Å². The second kappa shape index (κ2) is 6.95. The standard InChI is InChI=1S/C18H25NO3/c1-18(2,14-8-4-3-5-9-14)17(22)19-12-16(21)13-7-6-10-15(20)11-13/h6-7,10-11,14,20H,3-5,8-9,12H2,1-2H3,(H,19,22). The highest BCUT2D eigenvalue weighted by atomic mass is 16.3. The minimum Gasteiger partial charge on any atom is -0.508 e. The Morgan fingerprint density at radius 1 is 1.23 bits per heavy atom. The van der Waals surface area contributed by atoms with Crippen LogP contribution in [-0.2, 0) is 4.79 Å². The number of carbonyl (C=O) groups is 2. The van der Waals surface area contributed by atoms with Crippen molar-refractivity contribution in [1.29, 1.82) is 0 Å². The summed E-state index contributed by atoms with van der Waals surface area (Å²) in [5, 5.41) is 12.2. The molecule has 0 aromatic heterocycles. The number of ketones is 1. The summed E-state index contributed by atoms with van der Waals surface area (Å²) in [5.41, 5.74) is -0.0322. The average molecular weight is 303 g/mol. The Labute approximate surface area is 131 Å². The lowest BCUT2D eigenvalue weighted by Crippen LogP contribution is -2.44. The maximum Gasteiger partial charge on any atom is 0.226 e. The minimum atomic E-state index is -0.445. The number of phenols is 1. The van der Waals surface area contributed by atoms with Crippen molar-refractivity contribution >= 4 is 11.7 Å². The molecule has 2 rings (SSSR count). The molecule has 2 N–H and O–H groups in total. The van der Waals surface area contributed by atoms with Gasteiger partial charge in [0.2, 0.25) is 5.91 Å². The van der Waals surface area contributed by atoms with E-state index in [4.69, 9.17) is 0 Å². The Morgan fingerprint density at radius 2 is 1.91 bits per heavy atom. The van der Waals surface area contributed by atoms with E-state index in [-0.39, 0.29) is 24.0 Å². The Hall–Kier alpha value is -1.84. The highest BCUT2D eigenvalue weighted by molar-refractivity contribution is 6.00. The first-order chi connectivity index (χ1) is 10.4. The SMILES string of the molecule is CC(C)(C(=O)NCC(=O)c1cccc(O)c1)C1CCCCC1. The van der Waals surface area contributed by atoms with Crippen LogP contribution in [0.3, 0.4) is 0 Å². The molecule has 0 unspecified atom stereocenters. The zero-order valence-electron chi connectivity index (χ0n) is 13.4. The van der Waals surface area contributed by atoms with Crippen molar-refractivity contribution < 1.29 is 14.7 Å². The van der Waals surface area contributed by atoms with Crippen LogP contribution >= 0.6 is 0 Å². The fourth-order valence-corrected chi connectivity index (χ4v) is 3.18. The molecule has 0 heterocycles. The molecule has 4 heteroatoms. The van der Waals surface area contributed by atoms with Gasteiger partial charge in [-0.05, 0) is 30.9 Å². The van der Waals surface area contributed by atoms with Crippen molar-refractivity contribution in [3.8, 4) is 5.75 Å². The number of rotatable bonds is 5. The van der Waals surface area contributed by atoms with E-state index >= 15 is 0 Å². The lowest BCUT2D eigenvalue weighted by molar-refractivity contribution is -0.132. The maximum absolute atomic E-state index is 12.5. The quantitative estimate of drug-likeness (QED) is 0.820. The molecular weight excluding hydrogens is 278 g/mol. The number of amides is 1. The van der Waals surface area contributed by atoms with Crippen LogP contribution in [0.5, 0.6) is 5.75 Å². The highest BCUT2D eigenvalue weighted by Gasteiger charge is 2.37. The summed E-state index contributed by atoms with van der Waals surface area (Å²) in [7, 11) is 0. The maximum atomic E-state index is 12.5. The van der Waals surface area contributed by atoms with E-state index in [9.17, 15) is 14.7 Å². The number of aromatic hydroxyl groups is 1. The second-order valence-corrected chi connectivity index (χ2v) is 6.71. The van der Waals surface area contributed by atoms with Gasteiger partial charge in [0.25, 0.3) is 0 Å². The van der Waals surface area contributed by atoms with Gasteiger partial charge in [0.1, 0.15) is 5.75 Å². The topological polar surface area (TPSA) is 66.4 Å². The van der Waals surface area contributed by atoms with Crippen LogP contribution in [-0.4, -0.2) is 23.3 Å². The number of phenolic OH excluding ortho intramolecular Hbond substituents is 1. The van der Waals surface area contributed by atoms with Gasteiger partial charge in [-0.15, -0.1) is 0 Å². The molecule has 1 amide bonds. The normalized spacial score (nSPS) is 16.3. The van der Waals surface area contributed by atoms with E-state index in [1.54, 1.807) is 12.1 Å². The van der Waals surface area contributed by atoms with Crippen molar-refractivity contribution in [1.82, 2.24) is 5.32 Å². The molecule has 1 aromatic carbocycles. The summed E-state index contributed by atoms with van der Waals surface area (Å²) >= 11 is 0. The highest BCUT2D eigenvalue weighted by Crippen LogP contribution is 2.38. The Morgan fingerprint density at radius 3 is 2.55 bits per heavy atom. The summed E-state index contributed by atoms with van der Waals surface area (Å²) < 4.78 is 0. The van der Waals surface area contributed by atoms with E-state index in [1.807, 2.05) is 13.8 Å². The molecular formula is C18H25NO3. The molecule has 22 heavy (non-hydrogen) atoms. The predicted molar refractivity (Wildman–Crippen MR) is 85.8 cm³/mol. The van der Waals surface area contributed by atoms with Crippen molar-refractivity contribution in [2.75, 3.05) is 6.54 Å². The summed E-state index contributed by atoms with van der Waals surface area (Å²) in [6.45, 7) is 3.91. The first-order valence-corrected chi connectivity index (χ1v) is 8.02. The molecule has 1 aliphatic rings. The molecule has 0 atom stereocenters. The first-order valence-electron chi connectivity index (χ1n) is 8.02. The predicted octanol–water partition coefficient (Wildman–Crippen LogP) is 3.30.